The zero-order valence-electron chi connectivity index (χ0n) is 20.5. The largest absolute Gasteiger partial charge is 0.550 e. The number of carbonyl (C=O) groups is 1. The molecule has 1 saturated heterocycles. The van der Waals surface area contributed by atoms with Gasteiger partial charge in [0, 0.05) is 31.4 Å². The van der Waals surface area contributed by atoms with Gasteiger partial charge in [-0.05, 0) is 39.2 Å². The first kappa shape index (κ1) is 28.1. The molecule has 0 saturated carbocycles. The van der Waals surface area contributed by atoms with E-state index in [1.165, 1.54) is 4.90 Å². The summed E-state index contributed by atoms with van der Waals surface area (Å²) in [4.78, 5) is 16.7. The number of piperidine rings is 1. The van der Waals surface area contributed by atoms with E-state index in [0.29, 0.717) is 19.0 Å². The van der Waals surface area contributed by atoms with Gasteiger partial charge >= 0.3 is 0 Å². The van der Waals surface area contributed by atoms with Crippen molar-refractivity contribution in [2.24, 2.45) is 4.99 Å². The molecule has 33 heavy (non-hydrogen) atoms. The monoisotopic (exact) mass is 470 g/mol. The van der Waals surface area contributed by atoms with Crippen LogP contribution < -0.4 is 20.6 Å². The van der Waals surface area contributed by atoms with Crippen molar-refractivity contribution in [2.75, 3.05) is 26.3 Å². The Kier molecular flexibility index (Phi) is 12.2. The highest BCUT2D eigenvalue weighted by molar-refractivity contribution is 5.65. The molecule has 0 spiro atoms. The average Bonchev–Trinajstić information content (AvgIpc) is 3.29. The van der Waals surface area contributed by atoms with Crippen molar-refractivity contribution in [3.8, 4) is 0 Å². The number of carboxylic acids is 1. The van der Waals surface area contributed by atoms with Crippen LogP contribution in [-0.4, -0.2) is 89.7 Å². The summed E-state index contributed by atoms with van der Waals surface area (Å²) >= 11 is 0. The summed E-state index contributed by atoms with van der Waals surface area (Å²) in [5.74, 6) is -1.23. The second-order valence-electron chi connectivity index (χ2n) is 10.1. The van der Waals surface area contributed by atoms with Gasteiger partial charge in [-0.1, -0.05) is 32.6 Å². The number of rotatable bonds is 16. The molecule has 0 bridgehead atoms. The lowest BCUT2D eigenvalue weighted by atomic mass is 9.87. The van der Waals surface area contributed by atoms with E-state index < -0.39 is 11.6 Å². The first-order valence-corrected chi connectivity index (χ1v) is 12.8. The number of aliphatic carboxylic acids is 1. The molecule has 0 amide bonds. The summed E-state index contributed by atoms with van der Waals surface area (Å²) < 4.78 is 0. The molecule has 2 heterocycles. The van der Waals surface area contributed by atoms with Gasteiger partial charge in [0.1, 0.15) is 12.6 Å². The number of likely N-dealkylation sites (N-methyl/N-ethyl adjacent to an activating group) is 1. The number of quaternary nitrogens is 1. The van der Waals surface area contributed by atoms with Crippen LogP contribution in [0, 0.1) is 0 Å². The second-order valence-corrected chi connectivity index (χ2v) is 10.1. The average molecular weight is 471 g/mol. The molecule has 192 valence electrons. The first-order chi connectivity index (χ1) is 15.7. The third-order valence-corrected chi connectivity index (χ3v) is 7.25. The minimum atomic E-state index is -1.26. The zero-order valence-corrected chi connectivity index (χ0v) is 20.5. The third kappa shape index (κ3) is 9.96. The lowest BCUT2D eigenvalue weighted by Crippen LogP contribution is -3.16. The molecule has 0 radical (unpaired) electrons. The highest BCUT2D eigenvalue weighted by Gasteiger charge is 2.40. The van der Waals surface area contributed by atoms with Gasteiger partial charge in [0.2, 0.25) is 0 Å². The molecule has 6 N–H and O–H groups in total. The number of carboxylic acid groups (broad SMARTS) is 1. The molecule has 1 fully saturated rings. The van der Waals surface area contributed by atoms with E-state index in [4.69, 9.17) is 0 Å². The number of aliphatic hydroxyl groups is 3. The standard InChI is InChI=1S/C24H46N4O5/c1-3-25-16-24(33,15-23(31)32)11-7-5-4-6-8-19(29)9-10-20-21(28-13-12-26-17-28)14-22(30)18(2)27-20/h12,18-22,25,27,29-30,33H,3-11,13-17H2,1-2H3,(H,31,32)/t18-,19-,20+,21-,22+,24+/m0/s1. The van der Waals surface area contributed by atoms with Gasteiger partial charge < -0.3 is 40.8 Å². The molecule has 9 heteroatoms. The number of nitrogens with zero attached hydrogens (tertiary/aromatic N) is 1. The lowest BCUT2D eigenvalue weighted by molar-refractivity contribution is -0.914. The lowest BCUT2D eigenvalue weighted by Gasteiger charge is -2.41. The van der Waals surface area contributed by atoms with E-state index in [-0.39, 0.29) is 37.3 Å². The van der Waals surface area contributed by atoms with Crippen LogP contribution in [0.4, 0.5) is 0 Å². The Balaban J connectivity index is 1.64. The summed E-state index contributed by atoms with van der Waals surface area (Å²) in [6.07, 6.45) is 7.99. The fraction of sp³-hybridized carbons (Fsp3) is 0.917. The van der Waals surface area contributed by atoms with Crippen molar-refractivity contribution < 1.29 is 30.1 Å². The van der Waals surface area contributed by atoms with Crippen molar-refractivity contribution in [3.63, 3.8) is 0 Å². The predicted octanol–water partition coefficient (Wildman–Crippen LogP) is -1.64. The van der Waals surface area contributed by atoms with Gasteiger partial charge in [-0.2, -0.15) is 0 Å². The van der Waals surface area contributed by atoms with Crippen LogP contribution in [-0.2, 0) is 4.79 Å². The van der Waals surface area contributed by atoms with Gasteiger partial charge in [0.25, 0.3) is 0 Å². The molecule has 1 unspecified atom stereocenters. The van der Waals surface area contributed by atoms with Gasteiger partial charge in [-0.25, -0.2) is 4.99 Å². The van der Waals surface area contributed by atoms with Crippen LogP contribution >= 0.6 is 0 Å². The molecule has 9 nitrogen and oxygen atoms in total. The van der Waals surface area contributed by atoms with Gasteiger partial charge in [0.15, 0.2) is 6.67 Å². The number of nitrogens with one attached hydrogen (secondary N) is 3. The molecule has 0 aromatic carbocycles. The minimum Gasteiger partial charge on any atom is -0.550 e. The van der Waals surface area contributed by atoms with E-state index in [1.54, 1.807) is 0 Å². The number of hydrogen-bond acceptors (Lipinski definition) is 8. The number of carbonyl (C=O) groups excluding carboxylic acids is 1. The van der Waals surface area contributed by atoms with Crippen molar-refractivity contribution in [2.45, 2.75) is 114 Å². The molecule has 2 aliphatic rings. The van der Waals surface area contributed by atoms with Crippen molar-refractivity contribution >= 4 is 12.2 Å². The number of hydrogen-bond donors (Lipinski definition) is 6. The predicted molar refractivity (Wildman–Crippen MR) is 126 cm³/mol. The highest BCUT2D eigenvalue weighted by Crippen LogP contribution is 2.21. The third-order valence-electron chi connectivity index (χ3n) is 7.25. The Morgan fingerprint density at radius 3 is 2.76 bits per heavy atom. The van der Waals surface area contributed by atoms with E-state index in [0.717, 1.165) is 64.6 Å². The molecule has 2 aliphatic heterocycles. The van der Waals surface area contributed by atoms with Gasteiger partial charge in [-0.15, -0.1) is 0 Å². The van der Waals surface area contributed by atoms with Crippen LogP contribution in [0.5, 0.6) is 0 Å². The Morgan fingerprint density at radius 2 is 2.09 bits per heavy atom. The van der Waals surface area contributed by atoms with E-state index in [9.17, 15) is 25.2 Å². The Labute approximate surface area is 198 Å². The summed E-state index contributed by atoms with van der Waals surface area (Å²) in [6.45, 7) is 6.54. The Hall–Kier alpha value is -1.10. The maximum Gasteiger partial charge on any atom is 0.171 e. The fourth-order valence-corrected chi connectivity index (χ4v) is 5.20. The number of unbranched alkanes of at least 4 members (excludes halogenated alkanes) is 3. The van der Waals surface area contributed by atoms with Crippen molar-refractivity contribution in [3.05, 3.63) is 0 Å². The maximum atomic E-state index is 10.9. The van der Waals surface area contributed by atoms with Crippen LogP contribution in [0.1, 0.15) is 78.1 Å². The van der Waals surface area contributed by atoms with Crippen LogP contribution in [0.2, 0.25) is 0 Å². The Bertz CT molecular complexity index is 599. The van der Waals surface area contributed by atoms with Crippen molar-refractivity contribution in [1.82, 2.24) is 10.6 Å². The second kappa shape index (κ2) is 14.3. The molecule has 0 aromatic rings. The summed E-state index contributed by atoms with van der Waals surface area (Å²) in [7, 11) is 0. The summed E-state index contributed by atoms with van der Waals surface area (Å²) in [5.41, 5.74) is -1.26. The van der Waals surface area contributed by atoms with E-state index >= 15 is 0 Å². The molecule has 7 atom stereocenters. The van der Waals surface area contributed by atoms with Crippen molar-refractivity contribution in [1.29, 1.82) is 0 Å². The van der Waals surface area contributed by atoms with Crippen LogP contribution in [0.25, 0.3) is 0 Å². The normalized spacial score (nSPS) is 30.3. The van der Waals surface area contributed by atoms with Crippen LogP contribution in [0.15, 0.2) is 4.99 Å². The van der Waals surface area contributed by atoms with Gasteiger partial charge in [0.05, 0.1) is 30.1 Å². The number of aliphatic imine (C=N–C) groups is 1. The molecule has 2 rings (SSSR count). The SMILES string of the molecule is CCNC[C@@](O)(CCCCCC[C@H](O)CC[C@H]1N[C@@H](C)[C@H](O)C[C@@H]1[NH+]1CC=NC1)CC(=O)[O-]. The molecule has 0 aliphatic carbocycles. The first-order valence-electron chi connectivity index (χ1n) is 12.8. The van der Waals surface area contributed by atoms with E-state index in [1.807, 2.05) is 20.1 Å². The Morgan fingerprint density at radius 1 is 1.33 bits per heavy atom. The fourth-order valence-electron chi connectivity index (χ4n) is 5.20. The smallest absolute Gasteiger partial charge is 0.171 e. The zero-order chi connectivity index (χ0) is 24.3. The summed E-state index contributed by atoms with van der Waals surface area (Å²) in [5, 5.41) is 48.9. The topological polar surface area (TPSA) is 142 Å². The summed E-state index contributed by atoms with van der Waals surface area (Å²) in [6, 6.07) is 0.648. The minimum absolute atomic E-state index is 0.0643. The van der Waals surface area contributed by atoms with Crippen LogP contribution in [0.3, 0.4) is 0 Å². The molecular formula is C24H46N4O5. The van der Waals surface area contributed by atoms with Gasteiger partial charge in [-0.3, -0.25) is 0 Å². The quantitative estimate of drug-likeness (QED) is 0.149. The highest BCUT2D eigenvalue weighted by atomic mass is 16.4. The maximum absolute atomic E-state index is 10.9. The molecular weight excluding hydrogens is 424 g/mol. The molecule has 0 aromatic heterocycles. The van der Waals surface area contributed by atoms with E-state index in [2.05, 4.69) is 15.6 Å². The number of aliphatic hydroxyl groups excluding tert-OH is 2.